The highest BCUT2D eigenvalue weighted by Gasteiger charge is 2.25. The molecule has 0 saturated carbocycles. The number of hydrogen-bond donors (Lipinski definition) is 2. The van der Waals surface area contributed by atoms with Crippen molar-refractivity contribution in [3.8, 4) is 0 Å². The smallest absolute Gasteiger partial charge is 0.243 e. The molecule has 1 fully saturated rings. The summed E-state index contributed by atoms with van der Waals surface area (Å²) in [7, 11) is -0.286. The largest absolute Gasteiger partial charge is 0.383 e. The van der Waals surface area contributed by atoms with Crippen molar-refractivity contribution >= 4 is 27.5 Å². The molecule has 1 heterocycles. The molecule has 0 atom stereocenters. The van der Waals surface area contributed by atoms with Crippen molar-refractivity contribution in [3.05, 3.63) is 24.3 Å². The Morgan fingerprint density at radius 1 is 1.03 bits per heavy atom. The van der Waals surface area contributed by atoms with E-state index in [4.69, 9.17) is 4.74 Å². The monoisotopic (exact) mass is 440 g/mol. The van der Waals surface area contributed by atoms with Crippen molar-refractivity contribution in [2.45, 2.75) is 30.6 Å². The fraction of sp³-hybridized carbons (Fsp3) is 0.600. The summed E-state index contributed by atoms with van der Waals surface area (Å²) < 4.78 is 32.0. The van der Waals surface area contributed by atoms with Gasteiger partial charge in [0.15, 0.2) is 0 Å². The number of benzene rings is 1. The molecule has 9 nitrogen and oxygen atoms in total. The minimum absolute atomic E-state index is 0.0333. The highest BCUT2D eigenvalue weighted by molar-refractivity contribution is 7.89. The molecular formula is C20H32N4O5S. The van der Waals surface area contributed by atoms with E-state index in [0.717, 1.165) is 25.7 Å². The summed E-state index contributed by atoms with van der Waals surface area (Å²) >= 11 is 0. The van der Waals surface area contributed by atoms with Crippen LogP contribution in [0, 0.1) is 0 Å². The van der Waals surface area contributed by atoms with Crippen molar-refractivity contribution in [1.82, 2.24) is 14.5 Å². The number of likely N-dealkylation sites (N-methyl/N-ethyl adjacent to an activating group) is 1. The van der Waals surface area contributed by atoms with E-state index in [2.05, 4.69) is 10.6 Å². The number of nitrogens with zero attached hydrogens (tertiary/aromatic N) is 2. The lowest BCUT2D eigenvalue weighted by atomic mass is 10.2. The van der Waals surface area contributed by atoms with Gasteiger partial charge in [0.25, 0.3) is 0 Å². The van der Waals surface area contributed by atoms with Gasteiger partial charge in [0, 0.05) is 32.4 Å². The van der Waals surface area contributed by atoms with Crippen molar-refractivity contribution in [2.24, 2.45) is 0 Å². The van der Waals surface area contributed by atoms with Crippen LogP contribution in [-0.2, 0) is 24.3 Å². The van der Waals surface area contributed by atoms with E-state index in [1.165, 1.54) is 12.1 Å². The highest BCUT2D eigenvalue weighted by atomic mass is 32.2. The summed E-state index contributed by atoms with van der Waals surface area (Å²) in [5.41, 5.74) is 0.507. The Hall–Kier alpha value is -2.01. The molecule has 0 unspecified atom stereocenters. The van der Waals surface area contributed by atoms with Crippen molar-refractivity contribution in [2.75, 3.05) is 58.8 Å². The predicted molar refractivity (Wildman–Crippen MR) is 115 cm³/mol. The van der Waals surface area contributed by atoms with Gasteiger partial charge in [-0.25, -0.2) is 8.42 Å². The summed E-state index contributed by atoms with van der Waals surface area (Å²) in [6.45, 7) is 2.07. The van der Waals surface area contributed by atoms with Gasteiger partial charge in [0.1, 0.15) is 0 Å². The molecule has 168 valence electrons. The minimum atomic E-state index is -3.51. The molecule has 2 amide bonds. The Kier molecular flexibility index (Phi) is 9.70. The first-order chi connectivity index (χ1) is 14.3. The fourth-order valence-corrected chi connectivity index (χ4v) is 4.75. The van der Waals surface area contributed by atoms with Crippen molar-refractivity contribution in [1.29, 1.82) is 0 Å². The average Bonchev–Trinajstić information content (AvgIpc) is 2.98. The lowest BCUT2D eigenvalue weighted by Crippen LogP contribution is -2.39. The molecule has 0 bridgehead atoms. The SMILES string of the molecule is COCCNC(=O)CN(C)CC(=O)Nc1ccc(S(=O)(=O)N2CCCCCC2)cc1. The van der Waals surface area contributed by atoms with E-state index < -0.39 is 10.0 Å². The zero-order valence-electron chi connectivity index (χ0n) is 17.7. The molecule has 0 radical (unpaired) electrons. The Balaban J connectivity index is 1.86. The molecule has 1 aromatic rings. The second-order valence-corrected chi connectivity index (χ2v) is 9.34. The van der Waals surface area contributed by atoms with Crippen LogP contribution in [0.1, 0.15) is 25.7 Å². The number of amides is 2. The van der Waals surface area contributed by atoms with Gasteiger partial charge in [0.05, 0.1) is 24.6 Å². The third kappa shape index (κ3) is 7.67. The van der Waals surface area contributed by atoms with Crippen LogP contribution in [0.15, 0.2) is 29.2 Å². The quantitative estimate of drug-likeness (QED) is 0.523. The Morgan fingerprint density at radius 2 is 1.63 bits per heavy atom. The molecule has 1 aromatic carbocycles. The van der Waals surface area contributed by atoms with Crippen LogP contribution in [0.25, 0.3) is 0 Å². The van der Waals surface area contributed by atoms with Crippen molar-refractivity contribution in [3.63, 3.8) is 0 Å². The van der Waals surface area contributed by atoms with E-state index in [1.54, 1.807) is 35.5 Å². The number of rotatable bonds is 10. The van der Waals surface area contributed by atoms with Gasteiger partial charge in [-0.2, -0.15) is 4.31 Å². The molecule has 1 aliphatic rings. The van der Waals surface area contributed by atoms with Gasteiger partial charge in [-0.05, 0) is 44.2 Å². The highest BCUT2D eigenvalue weighted by Crippen LogP contribution is 2.21. The normalized spacial score (nSPS) is 15.6. The number of hydrogen-bond acceptors (Lipinski definition) is 6. The van der Waals surface area contributed by atoms with Gasteiger partial charge in [-0.3, -0.25) is 14.5 Å². The number of anilines is 1. The maximum absolute atomic E-state index is 12.8. The molecule has 0 aromatic heterocycles. The van der Waals surface area contributed by atoms with Crippen LogP contribution < -0.4 is 10.6 Å². The van der Waals surface area contributed by atoms with Crippen molar-refractivity contribution < 1.29 is 22.7 Å². The summed E-state index contributed by atoms with van der Waals surface area (Å²) in [5.74, 6) is -0.476. The van der Waals surface area contributed by atoms with Crippen LogP contribution in [0.3, 0.4) is 0 Å². The lowest BCUT2D eigenvalue weighted by Gasteiger charge is -2.20. The lowest BCUT2D eigenvalue weighted by molar-refractivity contribution is -0.123. The molecule has 0 aliphatic carbocycles. The first kappa shape index (κ1) is 24.3. The van der Waals surface area contributed by atoms with Crippen LogP contribution in [-0.4, -0.2) is 82.9 Å². The first-order valence-electron chi connectivity index (χ1n) is 10.2. The zero-order valence-corrected chi connectivity index (χ0v) is 18.5. The number of ether oxygens (including phenoxy) is 1. The predicted octanol–water partition coefficient (Wildman–Crippen LogP) is 0.884. The fourth-order valence-electron chi connectivity index (χ4n) is 3.24. The van der Waals surface area contributed by atoms with E-state index in [-0.39, 0.29) is 29.8 Å². The molecule has 2 N–H and O–H groups in total. The first-order valence-corrected chi connectivity index (χ1v) is 11.6. The van der Waals surface area contributed by atoms with E-state index in [0.29, 0.717) is 31.9 Å². The van der Waals surface area contributed by atoms with Crippen LogP contribution in [0.2, 0.25) is 0 Å². The summed E-state index contributed by atoms with van der Waals surface area (Å²) in [5, 5.41) is 5.42. The van der Waals surface area contributed by atoms with Crippen LogP contribution >= 0.6 is 0 Å². The summed E-state index contributed by atoms with van der Waals surface area (Å²) in [4.78, 5) is 25.8. The maximum atomic E-state index is 12.8. The molecular weight excluding hydrogens is 408 g/mol. The standard InChI is InChI=1S/C20H32N4O5S/c1-23(15-19(25)21-11-14-29-2)16-20(26)22-17-7-9-18(10-8-17)30(27,28)24-12-5-3-4-6-13-24/h7-10H,3-6,11-16H2,1-2H3,(H,21,25)(H,22,26). The van der Waals surface area contributed by atoms with Gasteiger partial charge in [0.2, 0.25) is 21.8 Å². The van der Waals surface area contributed by atoms with E-state index in [1.807, 2.05) is 0 Å². The zero-order chi connectivity index (χ0) is 22.0. The number of carbonyl (C=O) groups excluding carboxylic acids is 2. The molecule has 1 aliphatic heterocycles. The Bertz CT molecular complexity index is 790. The molecule has 1 saturated heterocycles. The summed E-state index contributed by atoms with van der Waals surface area (Å²) in [6, 6.07) is 6.20. The number of carbonyl (C=O) groups is 2. The second kappa shape index (κ2) is 12.0. The van der Waals surface area contributed by atoms with E-state index in [9.17, 15) is 18.0 Å². The Morgan fingerprint density at radius 3 is 2.23 bits per heavy atom. The second-order valence-electron chi connectivity index (χ2n) is 7.41. The molecule has 0 spiro atoms. The van der Waals surface area contributed by atoms with Crippen LogP contribution in [0.5, 0.6) is 0 Å². The topological polar surface area (TPSA) is 108 Å². The van der Waals surface area contributed by atoms with E-state index >= 15 is 0 Å². The van der Waals surface area contributed by atoms with Gasteiger partial charge < -0.3 is 15.4 Å². The molecule has 10 heteroatoms. The maximum Gasteiger partial charge on any atom is 0.243 e. The third-order valence-corrected chi connectivity index (χ3v) is 6.71. The van der Waals surface area contributed by atoms with Crippen LogP contribution in [0.4, 0.5) is 5.69 Å². The number of nitrogens with one attached hydrogen (secondary N) is 2. The van der Waals surface area contributed by atoms with Gasteiger partial charge in [-0.1, -0.05) is 12.8 Å². The number of sulfonamides is 1. The molecule has 30 heavy (non-hydrogen) atoms. The molecule has 2 rings (SSSR count). The minimum Gasteiger partial charge on any atom is -0.383 e. The third-order valence-electron chi connectivity index (χ3n) is 4.80. The van der Waals surface area contributed by atoms with Gasteiger partial charge >= 0.3 is 0 Å². The average molecular weight is 441 g/mol. The Labute approximate surface area is 178 Å². The number of methoxy groups -OCH3 is 1. The summed E-state index contributed by atoms with van der Waals surface area (Å²) in [6.07, 6.45) is 3.87. The van der Waals surface area contributed by atoms with Gasteiger partial charge in [-0.15, -0.1) is 0 Å².